The Morgan fingerprint density at radius 3 is 2.24 bits per heavy atom. The van der Waals surface area contributed by atoms with Crippen molar-refractivity contribution < 1.29 is 45.0 Å². The van der Waals surface area contributed by atoms with Gasteiger partial charge < -0.3 is 44.9 Å². The number of H-pyrrole nitrogens is 1. The summed E-state index contributed by atoms with van der Waals surface area (Å²) in [5.74, 6) is -1.45. The molecule has 0 spiro atoms. The van der Waals surface area contributed by atoms with Gasteiger partial charge in [0.2, 0.25) is 0 Å². The molecule has 5 atom stereocenters. The maximum Gasteiger partial charge on any atom is 0.276 e. The first-order valence-electron chi connectivity index (χ1n) is 14.5. The standard InChI is InChI=1S/C32H27N5O9/c38-12-20-27(41)28(42)29(43)32(46-20)36-19-10-15(40)2-4-17(19)22-24-23(21-16-3-1-14(39)9-18(16)35-25(21)26(22)36)30(44)37(31(24)45)34-11-13-5-7-33-8-6-13/h1-10,20,27-29,32,34-35,38-43H,11-12H2/t20-,27-,28+,29-,32-/m1/s1. The number of amides is 2. The number of aliphatic hydroxyl groups is 4. The van der Waals surface area contributed by atoms with Crippen LogP contribution in [0.1, 0.15) is 32.5 Å². The summed E-state index contributed by atoms with van der Waals surface area (Å²) in [5, 5.41) is 65.9. The van der Waals surface area contributed by atoms with Crippen molar-refractivity contribution in [2.24, 2.45) is 0 Å². The lowest BCUT2D eigenvalue weighted by molar-refractivity contribution is -0.249. The minimum absolute atomic E-state index is 0.0469. The predicted molar refractivity (Wildman–Crippen MR) is 163 cm³/mol. The number of imide groups is 1. The Labute approximate surface area is 258 Å². The third kappa shape index (κ3) is 3.89. The molecule has 1 fully saturated rings. The van der Waals surface area contributed by atoms with E-state index in [2.05, 4.69) is 15.4 Å². The second-order valence-corrected chi connectivity index (χ2v) is 11.5. The highest BCUT2D eigenvalue weighted by Crippen LogP contribution is 2.47. The molecule has 8 N–H and O–H groups in total. The lowest BCUT2D eigenvalue weighted by Crippen LogP contribution is -2.56. The number of fused-ring (bicyclic) bond motifs is 10. The van der Waals surface area contributed by atoms with Gasteiger partial charge in [-0.3, -0.25) is 14.6 Å². The Morgan fingerprint density at radius 2 is 1.52 bits per heavy atom. The molecule has 0 aliphatic carbocycles. The van der Waals surface area contributed by atoms with Crippen molar-refractivity contribution in [3.63, 3.8) is 0 Å². The molecule has 0 unspecified atom stereocenters. The summed E-state index contributed by atoms with van der Waals surface area (Å²) in [7, 11) is 0. The molecule has 2 aliphatic rings. The van der Waals surface area contributed by atoms with Gasteiger partial charge in [-0.25, -0.2) is 10.4 Å². The number of ether oxygens (including phenoxy) is 1. The first-order chi connectivity index (χ1) is 22.2. The zero-order valence-electron chi connectivity index (χ0n) is 23.8. The number of nitrogens with one attached hydrogen (secondary N) is 2. The normalized spacial score (nSPS) is 23.4. The minimum Gasteiger partial charge on any atom is -0.508 e. The van der Waals surface area contributed by atoms with Crippen LogP contribution in [-0.2, 0) is 11.3 Å². The fourth-order valence-electron chi connectivity index (χ4n) is 6.79. The molecule has 46 heavy (non-hydrogen) atoms. The predicted octanol–water partition coefficient (Wildman–Crippen LogP) is 1.51. The molecule has 2 aliphatic heterocycles. The van der Waals surface area contributed by atoms with Gasteiger partial charge in [-0.15, -0.1) is 0 Å². The van der Waals surface area contributed by atoms with Crippen LogP contribution in [0.4, 0.5) is 0 Å². The molecule has 14 heteroatoms. The number of hydrazine groups is 1. The molecule has 14 nitrogen and oxygen atoms in total. The Balaban J connectivity index is 1.47. The first-order valence-corrected chi connectivity index (χ1v) is 14.5. The third-order valence-corrected chi connectivity index (χ3v) is 8.90. The molecule has 8 rings (SSSR count). The second-order valence-electron chi connectivity index (χ2n) is 11.5. The highest BCUT2D eigenvalue weighted by molar-refractivity contribution is 6.39. The van der Waals surface area contributed by atoms with E-state index in [1.165, 1.54) is 28.8 Å². The Bertz CT molecular complexity index is 2230. The smallest absolute Gasteiger partial charge is 0.276 e. The number of phenolic OH excluding ortho intramolecular Hbond substituents is 2. The van der Waals surface area contributed by atoms with Gasteiger partial charge in [-0.05, 0) is 42.0 Å². The summed E-state index contributed by atoms with van der Waals surface area (Å²) in [6.07, 6.45) is -4.56. The molecular weight excluding hydrogens is 598 g/mol. The number of benzene rings is 3. The van der Waals surface area contributed by atoms with Gasteiger partial charge in [-0.1, -0.05) is 0 Å². The number of nitrogens with zero attached hydrogens (tertiary/aromatic N) is 3. The van der Waals surface area contributed by atoms with Crippen LogP contribution in [0.3, 0.4) is 0 Å². The topological polar surface area (TPSA) is 214 Å². The van der Waals surface area contributed by atoms with Crippen molar-refractivity contribution in [2.75, 3.05) is 6.61 Å². The summed E-state index contributed by atoms with van der Waals surface area (Å²) < 4.78 is 7.47. The summed E-state index contributed by atoms with van der Waals surface area (Å²) >= 11 is 0. The average molecular weight is 626 g/mol. The van der Waals surface area contributed by atoms with Crippen LogP contribution in [-0.4, -0.2) is 93.0 Å². The van der Waals surface area contributed by atoms with Gasteiger partial charge in [0.1, 0.15) is 35.9 Å². The van der Waals surface area contributed by atoms with Crippen molar-refractivity contribution >= 4 is 55.4 Å². The van der Waals surface area contributed by atoms with E-state index < -0.39 is 49.1 Å². The van der Waals surface area contributed by atoms with E-state index in [4.69, 9.17) is 4.74 Å². The lowest BCUT2D eigenvalue weighted by atomic mass is 9.96. The average Bonchev–Trinajstić information content (AvgIpc) is 3.66. The number of rotatable bonds is 5. The van der Waals surface area contributed by atoms with Gasteiger partial charge in [0.15, 0.2) is 6.23 Å². The minimum atomic E-state index is -1.72. The highest BCUT2D eigenvalue weighted by Gasteiger charge is 2.47. The Kier molecular flexibility index (Phi) is 6.30. The number of hydrogen-bond donors (Lipinski definition) is 8. The summed E-state index contributed by atoms with van der Waals surface area (Å²) in [6, 6.07) is 12.4. The van der Waals surface area contributed by atoms with Crippen molar-refractivity contribution in [3.8, 4) is 11.5 Å². The van der Waals surface area contributed by atoms with Gasteiger partial charge >= 0.3 is 0 Å². The maximum absolute atomic E-state index is 14.3. The number of aromatic hydroxyl groups is 2. The molecule has 0 saturated carbocycles. The molecule has 5 heterocycles. The van der Waals surface area contributed by atoms with E-state index in [1.54, 1.807) is 36.7 Å². The van der Waals surface area contributed by atoms with Gasteiger partial charge in [0, 0.05) is 52.6 Å². The first kappa shape index (κ1) is 28.4. The lowest BCUT2D eigenvalue weighted by Gasteiger charge is -2.41. The van der Waals surface area contributed by atoms with E-state index in [0.29, 0.717) is 32.6 Å². The van der Waals surface area contributed by atoms with Crippen molar-refractivity contribution in [3.05, 3.63) is 77.6 Å². The molecule has 1 saturated heterocycles. The number of phenols is 2. The zero-order chi connectivity index (χ0) is 32.0. The molecule has 6 aromatic rings. The fraction of sp³-hybridized carbons (Fsp3) is 0.219. The number of aromatic nitrogens is 3. The molecule has 0 bridgehead atoms. The largest absolute Gasteiger partial charge is 0.508 e. The molecule has 3 aromatic carbocycles. The summed E-state index contributed by atoms with van der Waals surface area (Å²) in [5.41, 5.74) is 5.23. The van der Waals surface area contributed by atoms with Gasteiger partial charge in [-0.2, -0.15) is 0 Å². The molecule has 2 amide bonds. The van der Waals surface area contributed by atoms with Crippen LogP contribution in [0.2, 0.25) is 0 Å². The third-order valence-electron chi connectivity index (χ3n) is 8.90. The van der Waals surface area contributed by atoms with Crippen LogP contribution in [0.15, 0.2) is 60.9 Å². The summed E-state index contributed by atoms with van der Waals surface area (Å²) in [6.45, 7) is -0.534. The van der Waals surface area contributed by atoms with E-state index in [1.807, 2.05) is 0 Å². The highest BCUT2D eigenvalue weighted by atomic mass is 16.6. The number of hydrogen-bond acceptors (Lipinski definition) is 11. The second kappa shape index (κ2) is 10.2. The van der Waals surface area contributed by atoms with E-state index in [-0.39, 0.29) is 40.2 Å². The monoisotopic (exact) mass is 625 g/mol. The summed E-state index contributed by atoms with van der Waals surface area (Å²) in [4.78, 5) is 35.7. The van der Waals surface area contributed by atoms with Gasteiger partial charge in [0.25, 0.3) is 11.8 Å². The van der Waals surface area contributed by atoms with Crippen LogP contribution >= 0.6 is 0 Å². The number of aromatic amines is 1. The van der Waals surface area contributed by atoms with E-state index in [9.17, 15) is 40.2 Å². The van der Waals surface area contributed by atoms with Crippen LogP contribution in [0.5, 0.6) is 11.5 Å². The van der Waals surface area contributed by atoms with Crippen LogP contribution in [0.25, 0.3) is 43.6 Å². The molecular formula is C32H27N5O9. The molecule has 234 valence electrons. The fourth-order valence-corrected chi connectivity index (χ4v) is 6.79. The van der Waals surface area contributed by atoms with E-state index >= 15 is 0 Å². The number of aliphatic hydroxyl groups excluding tert-OH is 4. The molecule has 0 radical (unpaired) electrons. The number of carbonyl (C=O) groups is 2. The van der Waals surface area contributed by atoms with Crippen molar-refractivity contribution in [1.29, 1.82) is 0 Å². The SMILES string of the molecule is O=C1c2c(c3c4ccc(O)cc4n([C@@H]4O[C@H](CO)[C@@H](O)[C@H](O)[C@H]4O)c3c3[nH]c4cc(O)ccc4c23)C(=O)N1NCc1ccncc1. The van der Waals surface area contributed by atoms with E-state index in [0.717, 1.165) is 10.6 Å². The Morgan fingerprint density at radius 1 is 0.848 bits per heavy atom. The van der Waals surface area contributed by atoms with Gasteiger partial charge in [0.05, 0.1) is 39.8 Å². The molecule has 3 aromatic heterocycles. The number of carbonyl (C=O) groups excluding carboxylic acids is 2. The van der Waals surface area contributed by atoms with Crippen LogP contribution < -0.4 is 5.43 Å². The van der Waals surface area contributed by atoms with Crippen LogP contribution in [0, 0.1) is 0 Å². The van der Waals surface area contributed by atoms with Crippen molar-refractivity contribution in [1.82, 2.24) is 25.0 Å². The number of pyridine rings is 1. The Hall–Kier alpha value is -5.09. The zero-order valence-corrected chi connectivity index (χ0v) is 23.8. The van der Waals surface area contributed by atoms with Crippen molar-refractivity contribution in [2.45, 2.75) is 37.2 Å². The quantitative estimate of drug-likeness (QED) is 0.129. The maximum atomic E-state index is 14.3.